The first-order chi connectivity index (χ1) is 8.15. The highest BCUT2D eigenvalue weighted by Gasteiger charge is 2.13. The highest BCUT2D eigenvalue weighted by molar-refractivity contribution is 7.14. The van der Waals surface area contributed by atoms with E-state index < -0.39 is 12.0 Å². The molecule has 0 aromatic carbocycles. The number of urea groups is 1. The largest absolute Gasteiger partial charge is 0.478 e. The number of thiophene rings is 1. The van der Waals surface area contributed by atoms with Gasteiger partial charge in [-0.2, -0.15) is 0 Å². The lowest BCUT2D eigenvalue weighted by Gasteiger charge is -2.05. The maximum absolute atomic E-state index is 11.4. The maximum Gasteiger partial charge on any atom is 0.338 e. The third-order valence-corrected chi connectivity index (χ3v) is 2.66. The Morgan fingerprint density at radius 2 is 2.29 bits per heavy atom. The topological polar surface area (TPSA) is 78.4 Å². The third-order valence-electron chi connectivity index (χ3n) is 1.84. The molecule has 0 aliphatic rings. The Labute approximate surface area is 103 Å². The van der Waals surface area contributed by atoms with Crippen molar-refractivity contribution in [3.63, 3.8) is 0 Å². The van der Waals surface area contributed by atoms with E-state index >= 15 is 0 Å². The van der Waals surface area contributed by atoms with E-state index in [2.05, 4.69) is 22.5 Å². The summed E-state index contributed by atoms with van der Waals surface area (Å²) in [5, 5.41) is 15.8. The summed E-state index contributed by atoms with van der Waals surface area (Å²) in [6.07, 6.45) is 0.570. The monoisotopic (exact) mass is 252 g/mol. The van der Waals surface area contributed by atoms with Gasteiger partial charge in [-0.25, -0.2) is 9.59 Å². The van der Waals surface area contributed by atoms with E-state index in [1.165, 1.54) is 17.4 Å². The average molecular weight is 252 g/mol. The molecule has 0 fully saturated rings. The minimum Gasteiger partial charge on any atom is -0.478 e. The Balaban J connectivity index is 2.47. The first kappa shape index (κ1) is 13.1. The van der Waals surface area contributed by atoms with Crippen molar-refractivity contribution in [2.75, 3.05) is 11.9 Å². The van der Waals surface area contributed by atoms with Crippen LogP contribution < -0.4 is 10.6 Å². The van der Waals surface area contributed by atoms with E-state index in [1.807, 2.05) is 0 Å². The smallest absolute Gasteiger partial charge is 0.338 e. The number of rotatable bonds is 4. The minimum atomic E-state index is -1.06. The van der Waals surface area contributed by atoms with Crippen LogP contribution >= 0.6 is 11.3 Å². The summed E-state index contributed by atoms with van der Waals surface area (Å²) in [6, 6.07) is 1.03. The fourth-order valence-corrected chi connectivity index (χ4v) is 1.86. The van der Waals surface area contributed by atoms with Gasteiger partial charge >= 0.3 is 12.0 Å². The molecule has 1 heterocycles. The molecule has 5 nitrogen and oxygen atoms in total. The molecule has 0 spiro atoms. The molecule has 0 atom stereocenters. The maximum atomic E-state index is 11.4. The van der Waals surface area contributed by atoms with Crippen molar-refractivity contribution in [3.05, 3.63) is 17.0 Å². The lowest BCUT2D eigenvalue weighted by atomic mass is 10.3. The summed E-state index contributed by atoms with van der Waals surface area (Å²) in [5.41, 5.74) is 0.0958. The summed E-state index contributed by atoms with van der Waals surface area (Å²) in [6.45, 7) is 2.16. The van der Waals surface area contributed by atoms with Gasteiger partial charge in [0.2, 0.25) is 0 Å². The summed E-state index contributed by atoms with van der Waals surface area (Å²) in [4.78, 5) is 22.2. The van der Waals surface area contributed by atoms with E-state index in [-0.39, 0.29) is 5.56 Å². The van der Waals surface area contributed by atoms with Crippen LogP contribution in [0.3, 0.4) is 0 Å². The summed E-state index contributed by atoms with van der Waals surface area (Å²) >= 11 is 1.17. The molecule has 0 unspecified atom stereocenters. The molecule has 0 saturated carbocycles. The molecule has 1 rings (SSSR count). The highest BCUT2D eigenvalue weighted by atomic mass is 32.1. The fraction of sp³-hybridized carbons (Fsp3) is 0.273. The normalized spacial score (nSPS) is 9.00. The number of amides is 2. The molecule has 0 saturated heterocycles. The van der Waals surface area contributed by atoms with Gasteiger partial charge in [-0.3, -0.25) is 5.32 Å². The summed E-state index contributed by atoms with van der Waals surface area (Å²) in [5.74, 6) is 4.46. The van der Waals surface area contributed by atoms with Crippen LogP contribution in [-0.4, -0.2) is 23.7 Å². The Hall–Kier alpha value is -2.00. The van der Waals surface area contributed by atoms with Crippen LogP contribution in [0.4, 0.5) is 9.80 Å². The predicted molar refractivity (Wildman–Crippen MR) is 66.4 cm³/mol. The Bertz CT molecular complexity index is 471. The van der Waals surface area contributed by atoms with Crippen molar-refractivity contribution >= 4 is 28.3 Å². The van der Waals surface area contributed by atoms with Crippen LogP contribution in [0.15, 0.2) is 11.4 Å². The van der Waals surface area contributed by atoms with Gasteiger partial charge in [0.15, 0.2) is 0 Å². The van der Waals surface area contributed by atoms with Gasteiger partial charge in [-0.1, -0.05) is 0 Å². The molecular weight excluding hydrogens is 240 g/mol. The summed E-state index contributed by atoms with van der Waals surface area (Å²) < 4.78 is 0. The number of hydrogen-bond acceptors (Lipinski definition) is 3. The van der Waals surface area contributed by atoms with Crippen molar-refractivity contribution in [2.24, 2.45) is 0 Å². The Morgan fingerprint density at radius 3 is 2.94 bits per heavy atom. The molecule has 0 aliphatic carbocycles. The Morgan fingerprint density at radius 1 is 1.53 bits per heavy atom. The van der Waals surface area contributed by atoms with E-state index in [1.54, 1.807) is 12.3 Å². The van der Waals surface area contributed by atoms with Gasteiger partial charge in [0.1, 0.15) is 5.00 Å². The standard InChI is InChI=1S/C11H12N2O3S/c1-2-3-4-6-12-11(16)13-9-8(10(14)15)5-7-17-9/h5,7H,4,6H2,1H3,(H,14,15)(H2,12,13,16). The number of carboxylic acid groups (broad SMARTS) is 1. The van der Waals surface area contributed by atoms with Crippen LogP contribution in [0.1, 0.15) is 23.7 Å². The number of anilines is 1. The number of carboxylic acids is 1. The third kappa shape index (κ3) is 4.17. The van der Waals surface area contributed by atoms with Crippen molar-refractivity contribution in [3.8, 4) is 11.8 Å². The second kappa shape index (κ2) is 6.55. The zero-order chi connectivity index (χ0) is 12.7. The average Bonchev–Trinajstić information content (AvgIpc) is 2.72. The molecule has 17 heavy (non-hydrogen) atoms. The summed E-state index contributed by atoms with van der Waals surface area (Å²) in [7, 11) is 0. The van der Waals surface area contributed by atoms with E-state index in [4.69, 9.17) is 5.11 Å². The van der Waals surface area contributed by atoms with Gasteiger partial charge in [-0.15, -0.1) is 23.2 Å². The predicted octanol–water partition coefficient (Wildman–Crippen LogP) is 1.98. The number of hydrogen-bond donors (Lipinski definition) is 3. The first-order valence-electron chi connectivity index (χ1n) is 4.90. The zero-order valence-corrected chi connectivity index (χ0v) is 10.1. The number of aromatic carboxylic acids is 1. The van der Waals surface area contributed by atoms with Gasteiger partial charge in [0, 0.05) is 13.0 Å². The number of nitrogens with one attached hydrogen (secondary N) is 2. The molecule has 3 N–H and O–H groups in total. The van der Waals surface area contributed by atoms with Crippen molar-refractivity contribution < 1.29 is 14.7 Å². The molecular formula is C11H12N2O3S. The molecule has 0 aliphatic heterocycles. The van der Waals surface area contributed by atoms with Crippen LogP contribution in [-0.2, 0) is 0 Å². The van der Waals surface area contributed by atoms with Gasteiger partial charge in [0.25, 0.3) is 0 Å². The van der Waals surface area contributed by atoms with Gasteiger partial charge in [0.05, 0.1) is 5.56 Å². The fourth-order valence-electron chi connectivity index (χ4n) is 1.09. The van der Waals surface area contributed by atoms with Crippen molar-refractivity contribution in [1.29, 1.82) is 0 Å². The van der Waals surface area contributed by atoms with Crippen LogP contribution in [0, 0.1) is 11.8 Å². The quantitative estimate of drug-likeness (QED) is 0.566. The lowest BCUT2D eigenvalue weighted by molar-refractivity contribution is 0.0698. The van der Waals surface area contributed by atoms with Crippen LogP contribution in [0.5, 0.6) is 0 Å². The van der Waals surface area contributed by atoms with E-state index in [9.17, 15) is 9.59 Å². The number of carbonyl (C=O) groups is 2. The van der Waals surface area contributed by atoms with Gasteiger partial charge < -0.3 is 10.4 Å². The second-order valence-corrected chi connectivity index (χ2v) is 3.94. The minimum absolute atomic E-state index is 0.0958. The van der Waals surface area contributed by atoms with Crippen LogP contribution in [0.25, 0.3) is 0 Å². The van der Waals surface area contributed by atoms with Crippen LogP contribution in [0.2, 0.25) is 0 Å². The molecule has 0 radical (unpaired) electrons. The molecule has 1 aromatic heterocycles. The SMILES string of the molecule is CC#CCCNC(=O)Nc1sccc1C(=O)O. The van der Waals surface area contributed by atoms with Crippen molar-refractivity contribution in [1.82, 2.24) is 5.32 Å². The number of carbonyl (C=O) groups excluding carboxylic acids is 1. The van der Waals surface area contributed by atoms with Gasteiger partial charge in [-0.05, 0) is 18.4 Å². The molecule has 1 aromatic rings. The van der Waals surface area contributed by atoms with E-state index in [0.717, 1.165) is 0 Å². The molecule has 0 bridgehead atoms. The van der Waals surface area contributed by atoms with E-state index in [0.29, 0.717) is 18.0 Å². The zero-order valence-electron chi connectivity index (χ0n) is 9.24. The molecule has 6 heteroatoms. The molecule has 2 amide bonds. The Kier molecular flexibility index (Phi) is 5.04. The lowest BCUT2D eigenvalue weighted by Crippen LogP contribution is -2.29. The first-order valence-corrected chi connectivity index (χ1v) is 5.78. The highest BCUT2D eigenvalue weighted by Crippen LogP contribution is 2.22. The molecule has 90 valence electrons. The second-order valence-electron chi connectivity index (χ2n) is 3.03. The van der Waals surface area contributed by atoms with Crippen molar-refractivity contribution in [2.45, 2.75) is 13.3 Å².